The van der Waals surface area contributed by atoms with Crippen molar-refractivity contribution >= 4 is 5.91 Å². The highest BCUT2D eigenvalue weighted by atomic mass is 16.5. The number of ether oxygens (including phenoxy) is 3. The summed E-state index contributed by atoms with van der Waals surface area (Å²) in [5.74, 6) is 2.28. The Kier molecular flexibility index (Phi) is 5.66. The molecule has 138 valence electrons. The number of carbonyl (C=O) groups is 1. The standard InChI is InChI=1S/C21H25NO4/c1-4-21(23)22-11-10-15-12-18(24-2)19(25-3)13-17(15)20(14-22)26-16-8-6-5-7-9-16/h5-9,12-13,20H,4,10-11,14H2,1-3H3. The molecule has 0 saturated carbocycles. The molecule has 0 aromatic heterocycles. The Hall–Kier alpha value is -2.69. The molecule has 26 heavy (non-hydrogen) atoms. The van der Waals surface area contributed by atoms with Gasteiger partial charge in [0, 0.05) is 18.5 Å². The van der Waals surface area contributed by atoms with E-state index in [1.807, 2.05) is 54.3 Å². The van der Waals surface area contributed by atoms with Crippen LogP contribution in [0.5, 0.6) is 17.2 Å². The van der Waals surface area contributed by atoms with Gasteiger partial charge in [0.15, 0.2) is 11.5 Å². The first-order valence-corrected chi connectivity index (χ1v) is 8.90. The number of methoxy groups -OCH3 is 2. The number of hydrogen-bond donors (Lipinski definition) is 0. The highest BCUT2D eigenvalue weighted by Gasteiger charge is 2.28. The summed E-state index contributed by atoms with van der Waals surface area (Å²) >= 11 is 0. The molecule has 5 nitrogen and oxygen atoms in total. The summed E-state index contributed by atoms with van der Waals surface area (Å²) in [6.07, 6.45) is 0.988. The zero-order chi connectivity index (χ0) is 18.5. The molecular formula is C21H25NO4. The normalized spacial score (nSPS) is 16.4. The van der Waals surface area contributed by atoms with Crippen molar-refractivity contribution in [2.24, 2.45) is 0 Å². The predicted octanol–water partition coefficient (Wildman–Crippen LogP) is 3.62. The van der Waals surface area contributed by atoms with Crippen molar-refractivity contribution in [3.05, 3.63) is 53.6 Å². The Morgan fingerprint density at radius 1 is 1.12 bits per heavy atom. The number of amides is 1. The van der Waals surface area contributed by atoms with Crippen LogP contribution in [0.2, 0.25) is 0 Å². The fourth-order valence-electron chi connectivity index (χ4n) is 3.31. The Morgan fingerprint density at radius 3 is 2.46 bits per heavy atom. The maximum absolute atomic E-state index is 12.3. The van der Waals surface area contributed by atoms with Crippen molar-refractivity contribution in [3.63, 3.8) is 0 Å². The van der Waals surface area contributed by atoms with Crippen LogP contribution in [0.25, 0.3) is 0 Å². The van der Waals surface area contributed by atoms with E-state index in [4.69, 9.17) is 14.2 Å². The lowest BCUT2D eigenvalue weighted by molar-refractivity contribution is -0.131. The molecule has 0 spiro atoms. The van der Waals surface area contributed by atoms with E-state index in [2.05, 4.69) is 0 Å². The summed E-state index contributed by atoms with van der Waals surface area (Å²) in [7, 11) is 3.26. The highest BCUT2D eigenvalue weighted by Crippen LogP contribution is 2.37. The number of fused-ring (bicyclic) bond motifs is 1. The first-order chi connectivity index (χ1) is 12.7. The van der Waals surface area contributed by atoms with Gasteiger partial charge < -0.3 is 19.1 Å². The fraction of sp³-hybridized carbons (Fsp3) is 0.381. The molecule has 1 heterocycles. The average Bonchev–Trinajstić information content (AvgIpc) is 2.86. The lowest BCUT2D eigenvalue weighted by Gasteiger charge is -2.26. The Labute approximate surface area is 154 Å². The molecule has 2 aromatic rings. The van der Waals surface area contributed by atoms with Crippen LogP contribution < -0.4 is 14.2 Å². The van der Waals surface area contributed by atoms with Gasteiger partial charge in [0.2, 0.25) is 5.91 Å². The number of hydrogen-bond acceptors (Lipinski definition) is 4. The molecule has 1 aliphatic rings. The molecule has 1 atom stereocenters. The molecule has 0 bridgehead atoms. The summed E-state index contributed by atoms with van der Waals surface area (Å²) in [4.78, 5) is 14.2. The highest BCUT2D eigenvalue weighted by molar-refractivity contribution is 5.76. The van der Waals surface area contributed by atoms with Gasteiger partial charge in [-0.3, -0.25) is 4.79 Å². The van der Waals surface area contributed by atoms with Crippen LogP contribution in [0.3, 0.4) is 0 Å². The average molecular weight is 355 g/mol. The van der Waals surface area contributed by atoms with E-state index in [0.717, 1.165) is 23.3 Å². The van der Waals surface area contributed by atoms with Crippen molar-refractivity contribution < 1.29 is 19.0 Å². The second-order valence-electron chi connectivity index (χ2n) is 6.27. The van der Waals surface area contributed by atoms with Crippen molar-refractivity contribution in [1.82, 2.24) is 4.90 Å². The van der Waals surface area contributed by atoms with Gasteiger partial charge in [0.05, 0.1) is 20.8 Å². The first-order valence-electron chi connectivity index (χ1n) is 8.90. The molecular weight excluding hydrogens is 330 g/mol. The van der Waals surface area contributed by atoms with Gasteiger partial charge in [0.1, 0.15) is 11.9 Å². The van der Waals surface area contributed by atoms with Crippen molar-refractivity contribution in [2.75, 3.05) is 27.3 Å². The Bertz CT molecular complexity index is 760. The van der Waals surface area contributed by atoms with Crippen LogP contribution in [-0.2, 0) is 11.2 Å². The molecule has 0 radical (unpaired) electrons. The van der Waals surface area contributed by atoms with Gasteiger partial charge in [-0.1, -0.05) is 25.1 Å². The summed E-state index contributed by atoms with van der Waals surface area (Å²) in [5.41, 5.74) is 2.16. The van der Waals surface area contributed by atoms with E-state index in [1.165, 1.54) is 0 Å². The van der Waals surface area contributed by atoms with Crippen molar-refractivity contribution in [2.45, 2.75) is 25.9 Å². The van der Waals surface area contributed by atoms with Crippen molar-refractivity contribution in [1.29, 1.82) is 0 Å². The SMILES string of the molecule is CCC(=O)N1CCc2cc(OC)c(OC)cc2C(Oc2ccccc2)C1. The maximum atomic E-state index is 12.3. The lowest BCUT2D eigenvalue weighted by atomic mass is 10.00. The third-order valence-corrected chi connectivity index (χ3v) is 4.71. The van der Waals surface area contributed by atoms with Gasteiger partial charge in [0.25, 0.3) is 0 Å². The van der Waals surface area contributed by atoms with Gasteiger partial charge in [-0.05, 0) is 36.2 Å². The number of carbonyl (C=O) groups excluding carboxylic acids is 1. The molecule has 2 aromatic carbocycles. The van der Waals surface area contributed by atoms with Crippen molar-refractivity contribution in [3.8, 4) is 17.2 Å². The minimum atomic E-state index is -0.259. The van der Waals surface area contributed by atoms with Crippen LogP contribution in [0.4, 0.5) is 0 Å². The Balaban J connectivity index is 2.01. The van der Waals surface area contributed by atoms with Crippen LogP contribution in [0.1, 0.15) is 30.6 Å². The second kappa shape index (κ2) is 8.13. The molecule has 1 amide bonds. The van der Waals surface area contributed by atoms with E-state index in [9.17, 15) is 4.79 Å². The fourth-order valence-corrected chi connectivity index (χ4v) is 3.31. The largest absolute Gasteiger partial charge is 0.493 e. The van der Waals surface area contributed by atoms with E-state index < -0.39 is 0 Å². The third kappa shape index (κ3) is 3.77. The predicted molar refractivity (Wildman–Crippen MR) is 99.9 cm³/mol. The minimum Gasteiger partial charge on any atom is -0.493 e. The maximum Gasteiger partial charge on any atom is 0.222 e. The quantitative estimate of drug-likeness (QED) is 0.822. The molecule has 1 aliphatic heterocycles. The number of nitrogens with zero attached hydrogens (tertiary/aromatic N) is 1. The number of para-hydroxylation sites is 1. The third-order valence-electron chi connectivity index (χ3n) is 4.71. The van der Waals surface area contributed by atoms with Gasteiger partial charge in [-0.15, -0.1) is 0 Å². The van der Waals surface area contributed by atoms with E-state index in [-0.39, 0.29) is 12.0 Å². The molecule has 3 rings (SSSR count). The topological polar surface area (TPSA) is 48.0 Å². The summed E-state index contributed by atoms with van der Waals surface area (Å²) in [6, 6.07) is 13.7. The van der Waals surface area contributed by atoms with Gasteiger partial charge >= 0.3 is 0 Å². The van der Waals surface area contributed by atoms with Gasteiger partial charge in [-0.2, -0.15) is 0 Å². The molecule has 0 saturated heterocycles. The molecule has 0 N–H and O–H groups in total. The van der Waals surface area contributed by atoms with Crippen LogP contribution in [0.15, 0.2) is 42.5 Å². The van der Waals surface area contributed by atoms with E-state index in [0.29, 0.717) is 31.0 Å². The number of rotatable bonds is 5. The van der Waals surface area contributed by atoms with Gasteiger partial charge in [-0.25, -0.2) is 0 Å². The molecule has 5 heteroatoms. The molecule has 1 unspecified atom stereocenters. The summed E-state index contributed by atoms with van der Waals surface area (Å²) in [6.45, 7) is 3.08. The summed E-state index contributed by atoms with van der Waals surface area (Å²) in [5, 5.41) is 0. The summed E-state index contributed by atoms with van der Waals surface area (Å²) < 4.78 is 17.2. The minimum absolute atomic E-state index is 0.137. The Morgan fingerprint density at radius 2 is 1.81 bits per heavy atom. The van der Waals surface area contributed by atoms with Crippen LogP contribution in [0, 0.1) is 0 Å². The first kappa shape index (κ1) is 18.1. The molecule has 0 aliphatic carbocycles. The smallest absolute Gasteiger partial charge is 0.222 e. The second-order valence-corrected chi connectivity index (χ2v) is 6.27. The van der Waals surface area contributed by atoms with Crippen LogP contribution >= 0.6 is 0 Å². The lowest BCUT2D eigenvalue weighted by Crippen LogP contribution is -2.35. The van der Waals surface area contributed by atoms with E-state index in [1.54, 1.807) is 14.2 Å². The molecule has 0 fully saturated rings. The zero-order valence-corrected chi connectivity index (χ0v) is 15.5. The zero-order valence-electron chi connectivity index (χ0n) is 15.5. The monoisotopic (exact) mass is 355 g/mol. The van der Waals surface area contributed by atoms with Crippen LogP contribution in [-0.4, -0.2) is 38.1 Å². The van der Waals surface area contributed by atoms with E-state index >= 15 is 0 Å². The number of benzene rings is 2.